The standard InChI is InChI=1S/C23H26N2O5S/c1-23(13-15-7-10-20-21(11-15)30-14-29-20)18-12-17(8-9-19(18)24-22(23)26)31(27,28)25-16-5-3-2-4-6-16/h7-12,16,25H,2-6,13-14H2,1H3,(H,24,26). The van der Waals surface area contributed by atoms with Crippen molar-refractivity contribution in [2.24, 2.45) is 0 Å². The molecule has 1 fully saturated rings. The third-order valence-corrected chi connectivity index (χ3v) is 8.08. The number of fused-ring (bicyclic) bond motifs is 2. The summed E-state index contributed by atoms with van der Waals surface area (Å²) in [5.41, 5.74) is 1.38. The van der Waals surface area contributed by atoms with Crippen LogP contribution in [0.5, 0.6) is 11.5 Å². The highest BCUT2D eigenvalue weighted by molar-refractivity contribution is 7.89. The van der Waals surface area contributed by atoms with Gasteiger partial charge in [-0.2, -0.15) is 0 Å². The van der Waals surface area contributed by atoms with Crippen LogP contribution in [0.2, 0.25) is 0 Å². The third-order valence-electron chi connectivity index (χ3n) is 6.57. The van der Waals surface area contributed by atoms with Gasteiger partial charge in [-0.05, 0) is 67.6 Å². The number of carbonyl (C=O) groups excluding carboxylic acids is 1. The SMILES string of the molecule is CC1(Cc2ccc3c(c2)OCO3)C(=O)Nc2ccc(S(=O)(=O)NC3CCCCC3)cc21. The molecule has 1 atom stereocenters. The van der Waals surface area contributed by atoms with Crippen LogP contribution >= 0.6 is 0 Å². The van der Waals surface area contributed by atoms with Gasteiger partial charge in [0.15, 0.2) is 11.5 Å². The largest absolute Gasteiger partial charge is 0.454 e. The molecule has 0 radical (unpaired) electrons. The van der Waals surface area contributed by atoms with E-state index in [0.29, 0.717) is 29.2 Å². The molecule has 1 amide bonds. The molecule has 7 nitrogen and oxygen atoms in total. The van der Waals surface area contributed by atoms with Crippen LogP contribution in [-0.4, -0.2) is 27.2 Å². The minimum absolute atomic E-state index is 0.0215. The summed E-state index contributed by atoms with van der Waals surface area (Å²) in [6.45, 7) is 2.04. The smallest absolute Gasteiger partial charge is 0.240 e. The number of nitrogens with one attached hydrogen (secondary N) is 2. The van der Waals surface area contributed by atoms with E-state index in [1.165, 1.54) is 0 Å². The lowest BCUT2D eigenvalue weighted by molar-refractivity contribution is -0.120. The van der Waals surface area contributed by atoms with E-state index >= 15 is 0 Å². The predicted octanol–water partition coefficient (Wildman–Crippen LogP) is 3.48. The Kier molecular flexibility index (Phi) is 4.94. The number of ether oxygens (including phenoxy) is 2. The van der Waals surface area contributed by atoms with Crippen LogP contribution in [0, 0.1) is 0 Å². The molecule has 8 heteroatoms. The lowest BCUT2D eigenvalue weighted by Gasteiger charge is -2.24. The molecule has 2 N–H and O–H groups in total. The van der Waals surface area contributed by atoms with Crippen molar-refractivity contribution < 1.29 is 22.7 Å². The van der Waals surface area contributed by atoms with Crippen LogP contribution in [-0.2, 0) is 26.7 Å². The Labute approximate surface area is 182 Å². The second-order valence-corrected chi connectivity index (χ2v) is 10.5. The van der Waals surface area contributed by atoms with Crippen LogP contribution in [0.4, 0.5) is 5.69 Å². The first-order chi connectivity index (χ1) is 14.8. The van der Waals surface area contributed by atoms with Gasteiger partial charge in [-0.3, -0.25) is 4.79 Å². The minimum atomic E-state index is -3.66. The number of benzene rings is 2. The Bertz CT molecular complexity index is 1140. The fourth-order valence-electron chi connectivity index (χ4n) is 4.78. The van der Waals surface area contributed by atoms with Crippen LogP contribution in [0.3, 0.4) is 0 Å². The summed E-state index contributed by atoms with van der Waals surface area (Å²) in [6.07, 6.45) is 5.40. The lowest BCUT2D eigenvalue weighted by Crippen LogP contribution is -2.36. The molecule has 2 aromatic rings. The van der Waals surface area contributed by atoms with Gasteiger partial charge in [0.2, 0.25) is 22.7 Å². The number of amides is 1. The Morgan fingerprint density at radius 3 is 2.65 bits per heavy atom. The van der Waals surface area contributed by atoms with Gasteiger partial charge < -0.3 is 14.8 Å². The summed E-state index contributed by atoms with van der Waals surface area (Å²) >= 11 is 0. The van der Waals surface area contributed by atoms with E-state index in [9.17, 15) is 13.2 Å². The molecule has 5 rings (SSSR count). The quantitative estimate of drug-likeness (QED) is 0.740. The highest BCUT2D eigenvalue weighted by atomic mass is 32.2. The van der Waals surface area contributed by atoms with E-state index in [1.54, 1.807) is 18.2 Å². The van der Waals surface area contributed by atoms with Gasteiger partial charge in [-0.1, -0.05) is 25.3 Å². The summed E-state index contributed by atoms with van der Waals surface area (Å²) in [5.74, 6) is 1.20. The van der Waals surface area contributed by atoms with Gasteiger partial charge in [0, 0.05) is 11.7 Å². The maximum Gasteiger partial charge on any atom is 0.240 e. The van der Waals surface area contributed by atoms with Crippen molar-refractivity contribution >= 4 is 21.6 Å². The molecule has 0 aromatic heterocycles. The number of anilines is 1. The van der Waals surface area contributed by atoms with Gasteiger partial charge in [-0.25, -0.2) is 13.1 Å². The van der Waals surface area contributed by atoms with E-state index in [0.717, 1.165) is 37.7 Å². The van der Waals surface area contributed by atoms with Gasteiger partial charge in [0.05, 0.1) is 10.3 Å². The highest BCUT2D eigenvalue weighted by Gasteiger charge is 2.43. The molecule has 31 heavy (non-hydrogen) atoms. The third kappa shape index (κ3) is 3.68. The van der Waals surface area contributed by atoms with Crippen molar-refractivity contribution in [3.05, 3.63) is 47.5 Å². The molecule has 1 unspecified atom stereocenters. The fourth-order valence-corrected chi connectivity index (χ4v) is 6.11. The van der Waals surface area contributed by atoms with Crippen molar-refractivity contribution in [3.63, 3.8) is 0 Å². The van der Waals surface area contributed by atoms with Crippen molar-refractivity contribution in [1.82, 2.24) is 4.72 Å². The Balaban J connectivity index is 1.45. The zero-order chi connectivity index (χ0) is 21.6. The van der Waals surface area contributed by atoms with E-state index in [2.05, 4.69) is 10.0 Å². The zero-order valence-corrected chi connectivity index (χ0v) is 18.3. The maximum atomic E-state index is 13.0. The Morgan fingerprint density at radius 1 is 1.06 bits per heavy atom. The number of carbonyl (C=O) groups is 1. The van der Waals surface area contributed by atoms with E-state index in [-0.39, 0.29) is 23.6 Å². The van der Waals surface area contributed by atoms with Crippen molar-refractivity contribution in [2.45, 2.75) is 61.8 Å². The van der Waals surface area contributed by atoms with Gasteiger partial charge in [0.1, 0.15) is 0 Å². The monoisotopic (exact) mass is 442 g/mol. The molecule has 1 saturated carbocycles. The lowest BCUT2D eigenvalue weighted by atomic mass is 9.78. The molecular weight excluding hydrogens is 416 g/mol. The summed E-state index contributed by atoms with van der Waals surface area (Å²) in [5, 5.41) is 2.91. The Morgan fingerprint density at radius 2 is 1.84 bits per heavy atom. The van der Waals surface area contributed by atoms with Gasteiger partial charge in [-0.15, -0.1) is 0 Å². The maximum absolute atomic E-state index is 13.0. The average molecular weight is 443 g/mol. The van der Waals surface area contributed by atoms with Crippen LogP contribution in [0.1, 0.15) is 50.2 Å². The number of rotatable bonds is 5. The van der Waals surface area contributed by atoms with Crippen LogP contribution < -0.4 is 19.5 Å². The first kappa shape index (κ1) is 20.3. The van der Waals surface area contributed by atoms with Crippen molar-refractivity contribution in [2.75, 3.05) is 12.1 Å². The second kappa shape index (κ2) is 7.53. The summed E-state index contributed by atoms with van der Waals surface area (Å²) < 4.78 is 39.7. The van der Waals surface area contributed by atoms with E-state index in [1.807, 2.05) is 25.1 Å². The van der Waals surface area contributed by atoms with E-state index < -0.39 is 15.4 Å². The van der Waals surface area contributed by atoms with E-state index in [4.69, 9.17) is 9.47 Å². The molecule has 0 spiro atoms. The molecule has 164 valence electrons. The molecule has 1 aliphatic carbocycles. The van der Waals surface area contributed by atoms with Crippen LogP contribution in [0.25, 0.3) is 0 Å². The molecule has 0 bridgehead atoms. The summed E-state index contributed by atoms with van der Waals surface area (Å²) in [4.78, 5) is 13.1. The predicted molar refractivity (Wildman–Crippen MR) is 116 cm³/mol. The zero-order valence-electron chi connectivity index (χ0n) is 17.4. The van der Waals surface area contributed by atoms with Gasteiger partial charge in [0.25, 0.3) is 0 Å². The molecule has 0 saturated heterocycles. The molecule has 2 heterocycles. The van der Waals surface area contributed by atoms with Crippen molar-refractivity contribution in [3.8, 4) is 11.5 Å². The number of hydrogen-bond acceptors (Lipinski definition) is 5. The average Bonchev–Trinajstić information content (AvgIpc) is 3.30. The fraction of sp³-hybridized carbons (Fsp3) is 0.435. The molecule has 2 aromatic carbocycles. The number of hydrogen-bond donors (Lipinski definition) is 2. The number of sulfonamides is 1. The topological polar surface area (TPSA) is 93.7 Å². The highest BCUT2D eigenvalue weighted by Crippen LogP contribution is 2.42. The summed E-state index contributed by atoms with van der Waals surface area (Å²) in [7, 11) is -3.66. The van der Waals surface area contributed by atoms with Crippen LogP contribution in [0.15, 0.2) is 41.3 Å². The first-order valence-corrected chi connectivity index (χ1v) is 12.2. The first-order valence-electron chi connectivity index (χ1n) is 10.7. The minimum Gasteiger partial charge on any atom is -0.454 e. The molecule has 2 aliphatic heterocycles. The van der Waals surface area contributed by atoms with Crippen molar-refractivity contribution in [1.29, 1.82) is 0 Å². The van der Waals surface area contributed by atoms with Gasteiger partial charge >= 0.3 is 0 Å². The summed E-state index contributed by atoms with van der Waals surface area (Å²) in [6, 6.07) is 10.5. The Hall–Kier alpha value is -2.58. The second-order valence-electron chi connectivity index (χ2n) is 8.81. The normalized spacial score (nSPS) is 22.9. The molecular formula is C23H26N2O5S. The molecule has 3 aliphatic rings.